The SMILES string of the molecule is Cc1c(N2CN(c3ccccc3)c3cccnc32)ccc2c1oc1ccccc12. The molecule has 0 unspecified atom stereocenters. The summed E-state index contributed by atoms with van der Waals surface area (Å²) in [5, 5.41) is 2.31. The predicted molar refractivity (Wildman–Crippen MR) is 118 cm³/mol. The third-order valence-electron chi connectivity index (χ3n) is 5.72. The van der Waals surface area contributed by atoms with Gasteiger partial charge in [0.1, 0.15) is 17.8 Å². The molecule has 6 rings (SSSR count). The molecule has 3 aromatic carbocycles. The van der Waals surface area contributed by atoms with Gasteiger partial charge in [0, 0.05) is 28.2 Å². The molecule has 1 aliphatic rings. The second-order valence-corrected chi connectivity index (χ2v) is 7.36. The highest BCUT2D eigenvalue weighted by Gasteiger charge is 2.30. The lowest BCUT2D eigenvalue weighted by atomic mass is 10.1. The summed E-state index contributed by atoms with van der Waals surface area (Å²) in [5.74, 6) is 0.968. The molecule has 4 nitrogen and oxygen atoms in total. The molecule has 1 aliphatic heterocycles. The minimum Gasteiger partial charge on any atom is -0.456 e. The van der Waals surface area contributed by atoms with Gasteiger partial charge in [-0.1, -0.05) is 36.4 Å². The predicted octanol–water partition coefficient (Wildman–Crippen LogP) is 6.54. The van der Waals surface area contributed by atoms with Gasteiger partial charge in [-0.2, -0.15) is 0 Å². The quantitative estimate of drug-likeness (QED) is 0.350. The highest BCUT2D eigenvalue weighted by Crippen LogP contribution is 2.45. The molecule has 0 amide bonds. The van der Waals surface area contributed by atoms with Crippen molar-refractivity contribution < 1.29 is 4.42 Å². The normalized spacial score (nSPS) is 13.4. The van der Waals surface area contributed by atoms with Crippen molar-refractivity contribution in [2.75, 3.05) is 16.5 Å². The van der Waals surface area contributed by atoms with Crippen molar-refractivity contribution in [1.29, 1.82) is 0 Å². The number of anilines is 4. The van der Waals surface area contributed by atoms with Gasteiger partial charge in [-0.25, -0.2) is 4.98 Å². The molecule has 3 heterocycles. The van der Waals surface area contributed by atoms with Crippen LogP contribution >= 0.6 is 0 Å². The fourth-order valence-electron chi connectivity index (χ4n) is 4.32. The van der Waals surface area contributed by atoms with Crippen molar-refractivity contribution in [3.63, 3.8) is 0 Å². The number of para-hydroxylation sites is 2. The van der Waals surface area contributed by atoms with E-state index in [1.54, 1.807) is 0 Å². The molecule has 0 radical (unpaired) electrons. The number of hydrogen-bond acceptors (Lipinski definition) is 4. The van der Waals surface area contributed by atoms with E-state index in [1.165, 1.54) is 0 Å². The first-order valence-electron chi connectivity index (χ1n) is 9.77. The Hall–Kier alpha value is -3.79. The number of rotatable bonds is 2. The molecule has 0 aliphatic carbocycles. The summed E-state index contributed by atoms with van der Waals surface area (Å²) in [5.41, 5.74) is 6.39. The molecule has 0 fully saturated rings. The second-order valence-electron chi connectivity index (χ2n) is 7.36. The molecule has 0 atom stereocenters. The van der Waals surface area contributed by atoms with E-state index in [1.807, 2.05) is 30.5 Å². The number of aryl methyl sites for hydroxylation is 1. The van der Waals surface area contributed by atoms with Crippen LogP contribution in [0.1, 0.15) is 5.56 Å². The lowest BCUT2D eigenvalue weighted by molar-refractivity contribution is 0.665. The van der Waals surface area contributed by atoms with E-state index in [2.05, 4.69) is 71.3 Å². The van der Waals surface area contributed by atoms with Crippen LogP contribution in [0.3, 0.4) is 0 Å². The van der Waals surface area contributed by atoms with E-state index in [4.69, 9.17) is 9.40 Å². The molecule has 0 saturated carbocycles. The smallest absolute Gasteiger partial charge is 0.158 e. The maximum absolute atomic E-state index is 6.22. The van der Waals surface area contributed by atoms with E-state index in [-0.39, 0.29) is 0 Å². The largest absolute Gasteiger partial charge is 0.456 e. The van der Waals surface area contributed by atoms with Gasteiger partial charge >= 0.3 is 0 Å². The first-order chi connectivity index (χ1) is 14.3. The minimum absolute atomic E-state index is 0.711. The lowest BCUT2D eigenvalue weighted by Crippen LogP contribution is -2.24. The Morgan fingerprint density at radius 2 is 1.59 bits per heavy atom. The standard InChI is InChI=1S/C25H19N3O/c1-17-21(14-13-20-19-10-5-6-12-23(19)29-24(17)20)28-16-27(18-8-3-2-4-9-18)22-11-7-15-26-25(22)28/h2-15H,16H2,1H3. The van der Waals surface area contributed by atoms with Gasteiger partial charge in [-0.3, -0.25) is 0 Å². The maximum Gasteiger partial charge on any atom is 0.158 e. The fraction of sp³-hybridized carbons (Fsp3) is 0.0800. The third kappa shape index (κ3) is 2.36. The molecule has 2 aromatic heterocycles. The van der Waals surface area contributed by atoms with Crippen LogP contribution in [0.2, 0.25) is 0 Å². The molecule has 140 valence electrons. The average Bonchev–Trinajstić information content (AvgIpc) is 3.34. The molecule has 0 saturated heterocycles. The molecule has 0 spiro atoms. The Labute approximate surface area is 168 Å². The highest BCUT2D eigenvalue weighted by molar-refractivity contribution is 6.07. The lowest BCUT2D eigenvalue weighted by Gasteiger charge is -2.22. The Bertz CT molecular complexity index is 1360. The number of aromatic nitrogens is 1. The van der Waals surface area contributed by atoms with E-state index in [0.29, 0.717) is 6.67 Å². The van der Waals surface area contributed by atoms with Gasteiger partial charge in [0.15, 0.2) is 5.82 Å². The van der Waals surface area contributed by atoms with E-state index >= 15 is 0 Å². The van der Waals surface area contributed by atoms with Gasteiger partial charge in [0.2, 0.25) is 0 Å². The molecular weight excluding hydrogens is 358 g/mol. The Kier molecular flexibility index (Phi) is 3.41. The van der Waals surface area contributed by atoms with Crippen molar-refractivity contribution in [2.45, 2.75) is 6.92 Å². The molecule has 29 heavy (non-hydrogen) atoms. The fourth-order valence-corrected chi connectivity index (χ4v) is 4.32. The minimum atomic E-state index is 0.711. The summed E-state index contributed by atoms with van der Waals surface area (Å²) >= 11 is 0. The molecule has 5 aromatic rings. The van der Waals surface area contributed by atoms with E-state index < -0.39 is 0 Å². The van der Waals surface area contributed by atoms with Crippen molar-refractivity contribution in [1.82, 2.24) is 4.98 Å². The number of hydrogen-bond donors (Lipinski definition) is 0. The summed E-state index contributed by atoms with van der Waals surface area (Å²) in [6.07, 6.45) is 1.86. The molecule has 0 bridgehead atoms. The third-order valence-corrected chi connectivity index (χ3v) is 5.72. The van der Waals surface area contributed by atoms with Gasteiger partial charge in [0.25, 0.3) is 0 Å². The topological polar surface area (TPSA) is 32.5 Å². The van der Waals surface area contributed by atoms with Crippen LogP contribution in [-0.2, 0) is 0 Å². The van der Waals surface area contributed by atoms with Gasteiger partial charge in [-0.05, 0) is 49.4 Å². The van der Waals surface area contributed by atoms with Crippen LogP contribution in [0, 0.1) is 6.92 Å². The van der Waals surface area contributed by atoms with Crippen LogP contribution in [0.5, 0.6) is 0 Å². The summed E-state index contributed by atoms with van der Waals surface area (Å²) in [7, 11) is 0. The van der Waals surface area contributed by atoms with Crippen LogP contribution < -0.4 is 9.80 Å². The van der Waals surface area contributed by atoms with Crippen molar-refractivity contribution in [3.8, 4) is 0 Å². The van der Waals surface area contributed by atoms with Crippen LogP contribution in [0.4, 0.5) is 22.9 Å². The second kappa shape index (κ2) is 6.11. The molecule has 0 N–H and O–H groups in total. The zero-order valence-electron chi connectivity index (χ0n) is 16.0. The Morgan fingerprint density at radius 3 is 2.48 bits per heavy atom. The molecular formula is C25H19N3O. The number of furan rings is 1. The van der Waals surface area contributed by atoms with Gasteiger partial charge < -0.3 is 14.2 Å². The van der Waals surface area contributed by atoms with Crippen molar-refractivity contribution in [2.24, 2.45) is 0 Å². The van der Waals surface area contributed by atoms with Crippen molar-refractivity contribution in [3.05, 3.63) is 90.6 Å². The summed E-state index contributed by atoms with van der Waals surface area (Å²) in [4.78, 5) is 9.27. The Morgan fingerprint density at radius 1 is 0.759 bits per heavy atom. The average molecular weight is 377 g/mol. The van der Waals surface area contributed by atoms with Crippen molar-refractivity contribution >= 4 is 44.8 Å². The summed E-state index contributed by atoms with van der Waals surface area (Å²) < 4.78 is 6.22. The zero-order chi connectivity index (χ0) is 19.4. The summed E-state index contributed by atoms with van der Waals surface area (Å²) in [6, 6.07) is 27.1. The number of pyridine rings is 1. The number of nitrogens with zero attached hydrogens (tertiary/aromatic N) is 3. The maximum atomic E-state index is 6.22. The zero-order valence-corrected chi connectivity index (χ0v) is 16.0. The van der Waals surface area contributed by atoms with Crippen LogP contribution in [0.15, 0.2) is 89.5 Å². The van der Waals surface area contributed by atoms with Crippen LogP contribution in [-0.4, -0.2) is 11.7 Å². The first-order valence-corrected chi connectivity index (χ1v) is 9.77. The highest BCUT2D eigenvalue weighted by atomic mass is 16.3. The van der Waals surface area contributed by atoms with E-state index in [0.717, 1.165) is 50.4 Å². The van der Waals surface area contributed by atoms with E-state index in [9.17, 15) is 0 Å². The Balaban J connectivity index is 1.52. The summed E-state index contributed by atoms with van der Waals surface area (Å²) in [6.45, 7) is 2.84. The first kappa shape index (κ1) is 16.2. The van der Waals surface area contributed by atoms with Gasteiger partial charge in [0.05, 0.1) is 11.4 Å². The molecule has 4 heteroatoms. The number of benzene rings is 3. The van der Waals surface area contributed by atoms with Gasteiger partial charge in [-0.15, -0.1) is 0 Å². The van der Waals surface area contributed by atoms with Crippen LogP contribution in [0.25, 0.3) is 21.9 Å². The number of fused-ring (bicyclic) bond motifs is 4. The monoisotopic (exact) mass is 377 g/mol.